The van der Waals surface area contributed by atoms with E-state index in [1.807, 2.05) is 7.05 Å². The Bertz CT molecular complexity index is 798. The molecule has 0 radical (unpaired) electrons. The second kappa shape index (κ2) is 9.53. The van der Waals surface area contributed by atoms with Crippen LogP contribution < -0.4 is 10.6 Å². The van der Waals surface area contributed by atoms with Crippen LogP contribution in [0.2, 0.25) is 0 Å². The molecule has 6 nitrogen and oxygen atoms in total. The van der Waals surface area contributed by atoms with Gasteiger partial charge in [0.15, 0.2) is 5.82 Å². The monoisotopic (exact) mass is 397 g/mol. The summed E-state index contributed by atoms with van der Waals surface area (Å²) in [5.74, 6) is 1.81. The minimum absolute atomic E-state index is 0.0143. The summed E-state index contributed by atoms with van der Waals surface area (Å²) in [7, 11) is 1.84. The van der Waals surface area contributed by atoms with Gasteiger partial charge in [-0.3, -0.25) is 10.1 Å². The molecule has 158 valence electrons. The van der Waals surface area contributed by atoms with Gasteiger partial charge in [0.25, 0.3) is 0 Å². The van der Waals surface area contributed by atoms with Gasteiger partial charge in [-0.25, -0.2) is 4.68 Å². The Morgan fingerprint density at radius 3 is 2.52 bits per heavy atom. The molecule has 0 atom stereocenters. The number of piperidine rings is 1. The normalized spacial score (nSPS) is 15.4. The molecule has 0 aliphatic carbocycles. The van der Waals surface area contributed by atoms with Crippen LogP contribution in [0.1, 0.15) is 75.7 Å². The third kappa shape index (κ3) is 6.13. The molecular formula is C23H35N5O. The first kappa shape index (κ1) is 21.5. The minimum Gasteiger partial charge on any atom is -0.317 e. The van der Waals surface area contributed by atoms with E-state index in [2.05, 4.69) is 65.8 Å². The zero-order chi connectivity index (χ0) is 20.9. The highest BCUT2D eigenvalue weighted by molar-refractivity contribution is 5.88. The van der Waals surface area contributed by atoms with Crippen LogP contribution in [0.3, 0.4) is 0 Å². The first-order valence-corrected chi connectivity index (χ1v) is 10.8. The topological polar surface area (TPSA) is 71.8 Å². The van der Waals surface area contributed by atoms with Crippen molar-refractivity contribution in [2.75, 3.05) is 18.4 Å². The Morgan fingerprint density at radius 2 is 1.86 bits per heavy atom. The fourth-order valence-electron chi connectivity index (χ4n) is 3.74. The Labute approximate surface area is 174 Å². The second-order valence-electron chi connectivity index (χ2n) is 9.14. The van der Waals surface area contributed by atoms with Crippen molar-refractivity contribution in [3.8, 4) is 0 Å². The zero-order valence-electron chi connectivity index (χ0n) is 18.3. The highest BCUT2D eigenvalue weighted by Crippen LogP contribution is 2.24. The number of amides is 1. The Kier molecular flexibility index (Phi) is 7.06. The van der Waals surface area contributed by atoms with Crippen LogP contribution in [0.15, 0.2) is 24.3 Å². The summed E-state index contributed by atoms with van der Waals surface area (Å²) in [5, 5.41) is 10.8. The van der Waals surface area contributed by atoms with E-state index in [0.29, 0.717) is 18.3 Å². The summed E-state index contributed by atoms with van der Waals surface area (Å²) in [6, 6.07) is 8.86. The van der Waals surface area contributed by atoms with Crippen molar-refractivity contribution in [2.24, 2.45) is 7.05 Å². The summed E-state index contributed by atoms with van der Waals surface area (Å²) in [6.07, 6.45) is 5.48. The van der Waals surface area contributed by atoms with Gasteiger partial charge in [-0.15, -0.1) is 0 Å². The number of nitrogens with zero attached hydrogens (tertiary/aromatic N) is 3. The fourth-order valence-corrected chi connectivity index (χ4v) is 3.74. The largest absolute Gasteiger partial charge is 0.317 e. The van der Waals surface area contributed by atoms with Gasteiger partial charge in [0.2, 0.25) is 11.9 Å². The molecule has 6 heteroatoms. The lowest BCUT2D eigenvalue weighted by atomic mass is 9.86. The summed E-state index contributed by atoms with van der Waals surface area (Å²) in [6.45, 7) is 8.69. The maximum Gasteiger partial charge on any atom is 0.227 e. The third-order valence-corrected chi connectivity index (χ3v) is 5.67. The molecule has 1 aromatic heterocycles. The molecule has 1 aliphatic heterocycles. The highest BCUT2D eigenvalue weighted by Gasteiger charge is 2.21. The molecule has 1 saturated heterocycles. The Balaban J connectivity index is 1.41. The number of rotatable bonds is 7. The number of nitrogens with one attached hydrogen (secondary N) is 2. The standard InChI is InChI=1S/C23H35N5O/c1-23(2,3)19-11-9-17(10-12-19)7-5-6-8-20(29)25-22-26-21(27-28(22)4)18-13-15-24-16-14-18/h9-12,18,24H,5-8,13-16H2,1-4H3,(H,25,26,27,29). The molecule has 2 aromatic rings. The number of carbonyl (C=O) groups excluding carboxylic acids is 1. The van der Waals surface area contributed by atoms with Crippen molar-refractivity contribution in [1.29, 1.82) is 0 Å². The summed E-state index contributed by atoms with van der Waals surface area (Å²) in [5.41, 5.74) is 2.87. The predicted octanol–water partition coefficient (Wildman–Crippen LogP) is 3.93. The molecule has 1 fully saturated rings. The molecule has 3 rings (SSSR count). The van der Waals surface area contributed by atoms with Crippen molar-refractivity contribution >= 4 is 11.9 Å². The smallest absolute Gasteiger partial charge is 0.227 e. The van der Waals surface area contributed by atoms with Crippen LogP contribution in [-0.2, 0) is 23.7 Å². The van der Waals surface area contributed by atoms with E-state index in [1.165, 1.54) is 11.1 Å². The average molecular weight is 398 g/mol. The molecule has 1 aromatic carbocycles. The molecule has 0 unspecified atom stereocenters. The number of aromatic nitrogens is 3. The lowest BCUT2D eigenvalue weighted by Gasteiger charge is -2.19. The van der Waals surface area contributed by atoms with Gasteiger partial charge in [0.1, 0.15) is 0 Å². The van der Waals surface area contributed by atoms with E-state index in [0.717, 1.165) is 51.0 Å². The predicted molar refractivity (Wildman–Crippen MR) is 117 cm³/mol. The number of hydrogen-bond acceptors (Lipinski definition) is 4. The van der Waals surface area contributed by atoms with E-state index in [1.54, 1.807) is 4.68 Å². The van der Waals surface area contributed by atoms with E-state index in [4.69, 9.17) is 0 Å². The second-order valence-corrected chi connectivity index (χ2v) is 9.14. The average Bonchev–Trinajstić information content (AvgIpc) is 3.06. The van der Waals surface area contributed by atoms with Gasteiger partial charge in [-0.05, 0) is 61.7 Å². The number of hydrogen-bond donors (Lipinski definition) is 2. The molecule has 0 spiro atoms. The van der Waals surface area contributed by atoms with Crippen molar-refractivity contribution in [3.63, 3.8) is 0 Å². The number of aryl methyl sites for hydroxylation is 2. The molecule has 1 aliphatic rings. The fraction of sp³-hybridized carbons (Fsp3) is 0.609. The zero-order valence-corrected chi connectivity index (χ0v) is 18.3. The molecular weight excluding hydrogens is 362 g/mol. The SMILES string of the molecule is Cn1nc(C2CCNCC2)nc1NC(=O)CCCCc1ccc(C(C)(C)C)cc1. The number of carbonyl (C=O) groups is 1. The molecule has 1 amide bonds. The van der Waals surface area contributed by atoms with Gasteiger partial charge in [-0.2, -0.15) is 10.1 Å². The van der Waals surface area contributed by atoms with Gasteiger partial charge in [-0.1, -0.05) is 45.0 Å². The van der Waals surface area contributed by atoms with Crippen LogP contribution in [0.5, 0.6) is 0 Å². The Morgan fingerprint density at radius 1 is 1.17 bits per heavy atom. The van der Waals surface area contributed by atoms with Crippen molar-refractivity contribution in [3.05, 3.63) is 41.2 Å². The molecule has 2 heterocycles. The number of benzene rings is 1. The van der Waals surface area contributed by atoms with Crippen LogP contribution >= 0.6 is 0 Å². The maximum atomic E-state index is 12.3. The molecule has 29 heavy (non-hydrogen) atoms. The summed E-state index contributed by atoms with van der Waals surface area (Å²) < 4.78 is 1.69. The number of unbranched alkanes of at least 4 members (excludes halogenated alkanes) is 1. The van der Waals surface area contributed by atoms with E-state index >= 15 is 0 Å². The van der Waals surface area contributed by atoms with Gasteiger partial charge in [0.05, 0.1) is 0 Å². The maximum absolute atomic E-state index is 12.3. The first-order chi connectivity index (χ1) is 13.8. The van der Waals surface area contributed by atoms with E-state index < -0.39 is 0 Å². The summed E-state index contributed by atoms with van der Waals surface area (Å²) in [4.78, 5) is 16.9. The number of anilines is 1. The minimum atomic E-state index is 0.0143. The molecule has 0 bridgehead atoms. The first-order valence-electron chi connectivity index (χ1n) is 10.8. The Hall–Kier alpha value is -2.21. The van der Waals surface area contributed by atoms with Crippen LogP contribution in [0.4, 0.5) is 5.95 Å². The molecule has 2 N–H and O–H groups in total. The quantitative estimate of drug-likeness (QED) is 0.695. The van der Waals surface area contributed by atoms with Crippen molar-refractivity contribution < 1.29 is 4.79 Å². The molecule has 0 saturated carbocycles. The lowest BCUT2D eigenvalue weighted by molar-refractivity contribution is -0.116. The highest BCUT2D eigenvalue weighted by atomic mass is 16.1. The van der Waals surface area contributed by atoms with Crippen LogP contribution in [0.25, 0.3) is 0 Å². The van der Waals surface area contributed by atoms with E-state index in [9.17, 15) is 4.79 Å². The van der Waals surface area contributed by atoms with Crippen molar-refractivity contribution in [1.82, 2.24) is 20.1 Å². The lowest BCUT2D eigenvalue weighted by Crippen LogP contribution is -2.27. The van der Waals surface area contributed by atoms with Crippen LogP contribution in [0, 0.1) is 0 Å². The van der Waals surface area contributed by atoms with Crippen molar-refractivity contribution in [2.45, 2.75) is 70.6 Å². The van der Waals surface area contributed by atoms with Crippen LogP contribution in [-0.4, -0.2) is 33.8 Å². The van der Waals surface area contributed by atoms with Gasteiger partial charge in [0, 0.05) is 19.4 Å². The third-order valence-electron chi connectivity index (χ3n) is 5.67. The van der Waals surface area contributed by atoms with Gasteiger partial charge < -0.3 is 5.32 Å². The van der Waals surface area contributed by atoms with E-state index in [-0.39, 0.29) is 11.3 Å². The van der Waals surface area contributed by atoms with Gasteiger partial charge >= 0.3 is 0 Å². The summed E-state index contributed by atoms with van der Waals surface area (Å²) >= 11 is 0.